The Morgan fingerprint density at radius 3 is 2.33 bits per heavy atom. The predicted octanol–water partition coefficient (Wildman–Crippen LogP) is 3.03. The maximum atomic E-state index is 12.8. The summed E-state index contributed by atoms with van der Waals surface area (Å²) in [5.74, 6) is -0.490. The first kappa shape index (κ1) is 23.8. The van der Waals surface area contributed by atoms with Crippen molar-refractivity contribution in [1.29, 1.82) is 0 Å². The van der Waals surface area contributed by atoms with E-state index in [-0.39, 0.29) is 17.2 Å². The number of hydrogen-bond acceptors (Lipinski definition) is 5. The zero-order chi connectivity index (χ0) is 23.8. The van der Waals surface area contributed by atoms with Crippen LogP contribution in [0.15, 0.2) is 78.9 Å². The van der Waals surface area contributed by atoms with Gasteiger partial charge in [-0.2, -0.15) is 0 Å². The Bertz CT molecular complexity index is 1230. The Morgan fingerprint density at radius 2 is 1.64 bits per heavy atom. The molecule has 33 heavy (non-hydrogen) atoms. The van der Waals surface area contributed by atoms with Crippen molar-refractivity contribution in [1.82, 2.24) is 5.32 Å². The maximum absolute atomic E-state index is 12.8. The first-order valence-corrected chi connectivity index (χ1v) is 12.0. The van der Waals surface area contributed by atoms with Gasteiger partial charge in [-0.25, -0.2) is 8.42 Å². The molecule has 172 valence electrons. The second-order valence-electron chi connectivity index (χ2n) is 7.23. The highest BCUT2D eigenvalue weighted by Crippen LogP contribution is 2.23. The van der Waals surface area contributed by atoms with Crippen LogP contribution in [0, 0.1) is 0 Å². The average Bonchev–Trinajstić information content (AvgIpc) is 2.81. The van der Waals surface area contributed by atoms with Crippen molar-refractivity contribution >= 4 is 33.2 Å². The van der Waals surface area contributed by atoms with E-state index in [2.05, 4.69) is 10.6 Å². The maximum Gasteiger partial charge on any atom is 0.253 e. The molecule has 8 nitrogen and oxygen atoms in total. The van der Waals surface area contributed by atoms with Crippen LogP contribution < -0.4 is 19.7 Å². The lowest BCUT2D eigenvalue weighted by Gasteiger charge is -2.22. The smallest absolute Gasteiger partial charge is 0.253 e. The average molecular weight is 468 g/mol. The molecule has 3 aromatic rings. The molecular weight excluding hydrogens is 442 g/mol. The lowest BCUT2D eigenvalue weighted by atomic mass is 10.1. The molecule has 3 rings (SSSR count). The number of anilines is 2. The summed E-state index contributed by atoms with van der Waals surface area (Å²) in [5.41, 5.74) is 1.79. The molecule has 9 heteroatoms. The van der Waals surface area contributed by atoms with E-state index in [1.807, 2.05) is 30.3 Å². The van der Waals surface area contributed by atoms with E-state index in [0.29, 0.717) is 18.0 Å². The fourth-order valence-electron chi connectivity index (χ4n) is 3.15. The summed E-state index contributed by atoms with van der Waals surface area (Å²) in [7, 11) is -2.29. The van der Waals surface area contributed by atoms with E-state index in [1.165, 1.54) is 13.2 Å². The Morgan fingerprint density at radius 1 is 0.939 bits per heavy atom. The van der Waals surface area contributed by atoms with Gasteiger partial charge < -0.3 is 15.4 Å². The van der Waals surface area contributed by atoms with Crippen molar-refractivity contribution in [2.45, 2.75) is 6.54 Å². The predicted molar refractivity (Wildman–Crippen MR) is 128 cm³/mol. The summed E-state index contributed by atoms with van der Waals surface area (Å²) < 4.78 is 30.8. The molecule has 0 saturated carbocycles. The van der Waals surface area contributed by atoms with Crippen molar-refractivity contribution < 1.29 is 22.7 Å². The normalized spacial score (nSPS) is 10.8. The van der Waals surface area contributed by atoms with Gasteiger partial charge in [-0.3, -0.25) is 13.9 Å². The quantitative estimate of drug-likeness (QED) is 0.503. The van der Waals surface area contributed by atoms with Crippen LogP contribution in [-0.2, 0) is 21.4 Å². The van der Waals surface area contributed by atoms with Gasteiger partial charge in [0.25, 0.3) is 5.91 Å². The van der Waals surface area contributed by atoms with Crippen LogP contribution in [0.2, 0.25) is 0 Å². The molecule has 2 N–H and O–H groups in total. The van der Waals surface area contributed by atoms with Crippen LogP contribution >= 0.6 is 0 Å². The molecule has 0 aliphatic rings. The highest BCUT2D eigenvalue weighted by atomic mass is 32.2. The molecule has 0 fully saturated rings. The largest absolute Gasteiger partial charge is 0.497 e. The van der Waals surface area contributed by atoms with E-state index in [0.717, 1.165) is 16.1 Å². The number of sulfonamides is 1. The molecule has 0 aliphatic carbocycles. The van der Waals surface area contributed by atoms with Gasteiger partial charge in [0.05, 0.1) is 30.3 Å². The second-order valence-corrected chi connectivity index (χ2v) is 9.14. The van der Waals surface area contributed by atoms with Gasteiger partial charge in [0.1, 0.15) is 12.3 Å². The lowest BCUT2D eigenvalue weighted by molar-refractivity contribution is -0.114. The Hall–Kier alpha value is -3.85. The molecule has 0 heterocycles. The molecule has 0 unspecified atom stereocenters. The molecule has 3 aromatic carbocycles. The molecule has 0 aliphatic heterocycles. The fourth-order valence-corrected chi connectivity index (χ4v) is 4.00. The third-order valence-electron chi connectivity index (χ3n) is 4.77. The van der Waals surface area contributed by atoms with Gasteiger partial charge in [0.15, 0.2) is 0 Å². The van der Waals surface area contributed by atoms with Crippen LogP contribution in [0.25, 0.3) is 0 Å². The summed E-state index contributed by atoms with van der Waals surface area (Å²) in [6.45, 7) is -0.133. The Labute approximate surface area is 193 Å². The first-order valence-electron chi connectivity index (χ1n) is 10.1. The van der Waals surface area contributed by atoms with Crippen molar-refractivity contribution in [3.05, 3.63) is 90.0 Å². The number of benzene rings is 3. The molecule has 0 radical (unpaired) electrons. The third-order valence-corrected chi connectivity index (χ3v) is 5.91. The second kappa shape index (κ2) is 10.6. The van der Waals surface area contributed by atoms with Gasteiger partial charge in [-0.15, -0.1) is 0 Å². The summed E-state index contributed by atoms with van der Waals surface area (Å²) >= 11 is 0. The zero-order valence-corrected chi connectivity index (χ0v) is 19.1. The van der Waals surface area contributed by atoms with E-state index in [9.17, 15) is 18.0 Å². The summed E-state index contributed by atoms with van der Waals surface area (Å²) in [6.07, 6.45) is 1.02. The number of methoxy groups -OCH3 is 1. The highest BCUT2D eigenvalue weighted by molar-refractivity contribution is 7.92. The minimum absolute atomic E-state index is 0.272. The van der Waals surface area contributed by atoms with Crippen molar-refractivity contribution in [3.63, 3.8) is 0 Å². The van der Waals surface area contributed by atoms with E-state index < -0.39 is 22.5 Å². The first-order chi connectivity index (χ1) is 15.8. The van der Waals surface area contributed by atoms with Crippen molar-refractivity contribution in [2.24, 2.45) is 0 Å². The standard InChI is InChI=1S/C24H25N3O5S/c1-32-20-12-8-11-19(15-20)27(33(2,30)31)17-23(28)26-22-14-7-6-13-21(22)24(29)25-16-18-9-4-3-5-10-18/h3-15H,16-17H2,1-2H3,(H,25,29)(H,26,28). The summed E-state index contributed by atoms with van der Waals surface area (Å²) in [4.78, 5) is 25.5. The highest BCUT2D eigenvalue weighted by Gasteiger charge is 2.22. The molecule has 0 saturated heterocycles. The van der Waals surface area contributed by atoms with E-state index >= 15 is 0 Å². The zero-order valence-electron chi connectivity index (χ0n) is 18.3. The Kier molecular flexibility index (Phi) is 7.68. The van der Waals surface area contributed by atoms with E-state index in [1.54, 1.807) is 42.5 Å². The third kappa shape index (κ3) is 6.56. The SMILES string of the molecule is COc1cccc(N(CC(=O)Nc2ccccc2C(=O)NCc2ccccc2)S(C)(=O)=O)c1. The fraction of sp³-hybridized carbons (Fsp3) is 0.167. The minimum Gasteiger partial charge on any atom is -0.497 e. The van der Waals surface area contributed by atoms with Crippen LogP contribution in [0.3, 0.4) is 0 Å². The van der Waals surface area contributed by atoms with Crippen molar-refractivity contribution in [2.75, 3.05) is 29.5 Å². The topological polar surface area (TPSA) is 105 Å². The number of ether oxygens (including phenoxy) is 1. The van der Waals surface area contributed by atoms with Crippen LogP contribution in [0.5, 0.6) is 5.75 Å². The van der Waals surface area contributed by atoms with Gasteiger partial charge in [0.2, 0.25) is 15.9 Å². The van der Waals surface area contributed by atoms with Gasteiger partial charge >= 0.3 is 0 Å². The van der Waals surface area contributed by atoms with E-state index in [4.69, 9.17) is 4.74 Å². The van der Waals surface area contributed by atoms with Crippen LogP contribution in [-0.4, -0.2) is 40.1 Å². The van der Waals surface area contributed by atoms with Gasteiger partial charge in [0, 0.05) is 12.6 Å². The number of nitrogens with one attached hydrogen (secondary N) is 2. The van der Waals surface area contributed by atoms with Crippen LogP contribution in [0.4, 0.5) is 11.4 Å². The van der Waals surface area contributed by atoms with Gasteiger partial charge in [-0.05, 0) is 29.8 Å². The number of hydrogen-bond donors (Lipinski definition) is 2. The number of carbonyl (C=O) groups is 2. The monoisotopic (exact) mass is 467 g/mol. The molecule has 0 aromatic heterocycles. The Balaban J connectivity index is 1.74. The van der Waals surface area contributed by atoms with Crippen LogP contribution in [0.1, 0.15) is 15.9 Å². The lowest BCUT2D eigenvalue weighted by Crippen LogP contribution is -2.37. The number of amides is 2. The number of para-hydroxylation sites is 1. The number of carbonyl (C=O) groups excluding carboxylic acids is 2. The summed E-state index contributed by atoms with van der Waals surface area (Å²) in [5, 5.41) is 5.48. The molecule has 0 atom stereocenters. The molecule has 2 amide bonds. The van der Waals surface area contributed by atoms with Gasteiger partial charge in [-0.1, -0.05) is 48.5 Å². The number of nitrogens with zero attached hydrogens (tertiary/aromatic N) is 1. The molecule has 0 bridgehead atoms. The summed E-state index contributed by atoms with van der Waals surface area (Å²) in [6, 6.07) is 22.4. The molecular formula is C24H25N3O5S. The number of rotatable bonds is 9. The molecule has 0 spiro atoms. The van der Waals surface area contributed by atoms with Crippen molar-refractivity contribution in [3.8, 4) is 5.75 Å². The minimum atomic E-state index is -3.76.